The molecule has 0 N–H and O–H groups in total. The number of esters is 1. The van der Waals surface area contributed by atoms with Gasteiger partial charge in [-0.15, -0.1) is 12.6 Å². The van der Waals surface area contributed by atoms with E-state index in [1.54, 1.807) is 13.0 Å². The molecule has 96 valence electrons. The van der Waals surface area contributed by atoms with Crippen molar-refractivity contribution in [1.29, 1.82) is 5.26 Å². The Labute approximate surface area is 108 Å². The van der Waals surface area contributed by atoms with Crippen molar-refractivity contribution in [3.05, 3.63) is 23.3 Å². The highest BCUT2D eigenvalue weighted by Crippen LogP contribution is 2.29. The molecule has 0 fully saturated rings. The highest BCUT2D eigenvalue weighted by atomic mass is 32.1. The van der Waals surface area contributed by atoms with Crippen LogP contribution in [0, 0.1) is 11.3 Å². The number of nitriles is 1. The number of thiol groups is 1. The monoisotopic (exact) mass is 273 g/mol. The molecule has 0 saturated carbocycles. The first kappa shape index (κ1) is 14.3. The average Bonchev–Trinajstić information content (AvgIpc) is 2.29. The molecule has 0 amide bonds. The van der Waals surface area contributed by atoms with Gasteiger partial charge < -0.3 is 9.47 Å². The van der Waals surface area contributed by atoms with Gasteiger partial charge in [-0.1, -0.05) is 0 Å². The summed E-state index contributed by atoms with van der Waals surface area (Å²) < 4.78 is 33.1. The van der Waals surface area contributed by atoms with E-state index < -0.39 is 12.6 Å². The zero-order chi connectivity index (χ0) is 13.7. The topological polar surface area (TPSA) is 59.3 Å². The van der Waals surface area contributed by atoms with Crippen LogP contribution >= 0.6 is 12.6 Å². The van der Waals surface area contributed by atoms with E-state index in [-0.39, 0.29) is 28.4 Å². The van der Waals surface area contributed by atoms with Crippen LogP contribution in [0.1, 0.15) is 22.8 Å². The number of ether oxygens (including phenoxy) is 2. The molecule has 0 aromatic heterocycles. The lowest BCUT2D eigenvalue weighted by Crippen LogP contribution is -2.09. The van der Waals surface area contributed by atoms with Gasteiger partial charge in [0, 0.05) is 4.90 Å². The van der Waals surface area contributed by atoms with Gasteiger partial charge in [0.15, 0.2) is 0 Å². The van der Waals surface area contributed by atoms with Gasteiger partial charge in [0.1, 0.15) is 17.4 Å². The molecule has 0 atom stereocenters. The molecular weight excluding hydrogens is 264 g/mol. The Hall–Kier alpha value is -1.81. The van der Waals surface area contributed by atoms with Crippen LogP contribution in [0.2, 0.25) is 0 Å². The second-order valence-corrected chi connectivity index (χ2v) is 3.49. The van der Waals surface area contributed by atoms with Crippen LogP contribution in [0.15, 0.2) is 17.0 Å². The van der Waals surface area contributed by atoms with Crippen molar-refractivity contribution in [2.75, 3.05) is 6.61 Å². The number of hydrogen-bond donors (Lipinski definition) is 1. The minimum absolute atomic E-state index is 0.0262. The van der Waals surface area contributed by atoms with E-state index in [4.69, 9.17) is 10.00 Å². The Balaban J connectivity index is 3.21. The number of nitrogens with zero attached hydrogens (tertiary/aromatic N) is 1. The molecular formula is C11H9F2NO3S. The molecule has 18 heavy (non-hydrogen) atoms. The van der Waals surface area contributed by atoms with Crippen LogP contribution < -0.4 is 4.74 Å². The first-order valence-electron chi connectivity index (χ1n) is 4.89. The number of alkyl halides is 2. The normalized spacial score (nSPS) is 10.0. The van der Waals surface area contributed by atoms with Gasteiger partial charge in [-0.25, -0.2) is 4.79 Å². The number of carbonyl (C=O) groups is 1. The van der Waals surface area contributed by atoms with Crippen LogP contribution in [0.5, 0.6) is 5.75 Å². The van der Waals surface area contributed by atoms with Crippen LogP contribution in [-0.2, 0) is 4.74 Å². The fourth-order valence-corrected chi connectivity index (χ4v) is 1.57. The van der Waals surface area contributed by atoms with Crippen molar-refractivity contribution in [1.82, 2.24) is 0 Å². The molecule has 7 heteroatoms. The molecule has 4 nitrogen and oxygen atoms in total. The number of benzene rings is 1. The van der Waals surface area contributed by atoms with E-state index in [0.717, 1.165) is 6.07 Å². The second-order valence-electron chi connectivity index (χ2n) is 3.05. The van der Waals surface area contributed by atoms with Gasteiger partial charge in [0.25, 0.3) is 0 Å². The van der Waals surface area contributed by atoms with Crippen molar-refractivity contribution < 1.29 is 23.0 Å². The van der Waals surface area contributed by atoms with E-state index in [9.17, 15) is 13.6 Å². The zero-order valence-electron chi connectivity index (χ0n) is 9.31. The molecule has 1 aromatic carbocycles. The van der Waals surface area contributed by atoms with E-state index >= 15 is 0 Å². The van der Waals surface area contributed by atoms with Crippen LogP contribution in [0.4, 0.5) is 8.78 Å². The predicted octanol–water partition coefficient (Wildman–Crippen LogP) is 2.63. The smallest absolute Gasteiger partial charge is 0.387 e. The molecule has 0 bridgehead atoms. The third-order valence-corrected chi connectivity index (χ3v) is 2.43. The summed E-state index contributed by atoms with van der Waals surface area (Å²) in [5.74, 6) is -1.01. The molecule has 0 unspecified atom stereocenters. The number of carbonyl (C=O) groups excluding carboxylic acids is 1. The first-order valence-corrected chi connectivity index (χ1v) is 5.34. The van der Waals surface area contributed by atoms with E-state index in [0.29, 0.717) is 0 Å². The summed E-state index contributed by atoms with van der Waals surface area (Å²) in [5.41, 5.74) is -0.206. The lowest BCUT2D eigenvalue weighted by atomic mass is 10.1. The zero-order valence-corrected chi connectivity index (χ0v) is 10.2. The third-order valence-electron chi connectivity index (χ3n) is 1.96. The maximum atomic E-state index is 12.1. The van der Waals surface area contributed by atoms with Crippen molar-refractivity contribution in [2.45, 2.75) is 18.4 Å². The summed E-state index contributed by atoms with van der Waals surface area (Å²) in [6.07, 6.45) is 0. The summed E-state index contributed by atoms with van der Waals surface area (Å²) in [6.45, 7) is -1.28. The van der Waals surface area contributed by atoms with Crippen molar-refractivity contribution in [2.24, 2.45) is 0 Å². The van der Waals surface area contributed by atoms with Crippen molar-refractivity contribution in [3.63, 3.8) is 0 Å². The van der Waals surface area contributed by atoms with Gasteiger partial charge in [-0.2, -0.15) is 14.0 Å². The van der Waals surface area contributed by atoms with Gasteiger partial charge >= 0.3 is 12.6 Å². The van der Waals surface area contributed by atoms with Gasteiger partial charge in [-0.05, 0) is 19.1 Å². The standard InChI is InChI=1S/C11H9F2NO3S/c1-2-16-10(15)6-3-4-8(17-11(12)13)7(5-14)9(6)18/h3-4,11,18H,2H2,1H3. The number of hydrogen-bond acceptors (Lipinski definition) is 5. The summed E-state index contributed by atoms with van der Waals surface area (Å²) >= 11 is 3.97. The van der Waals surface area contributed by atoms with E-state index in [1.165, 1.54) is 6.07 Å². The predicted molar refractivity (Wildman–Crippen MR) is 61.0 cm³/mol. The fraction of sp³-hybridized carbons (Fsp3) is 0.273. The molecule has 0 aliphatic carbocycles. The SMILES string of the molecule is CCOC(=O)c1ccc(OC(F)F)c(C#N)c1S. The van der Waals surface area contributed by atoms with E-state index in [2.05, 4.69) is 17.4 Å². The summed E-state index contributed by atoms with van der Waals surface area (Å²) in [6, 6.07) is 3.99. The lowest BCUT2D eigenvalue weighted by molar-refractivity contribution is -0.0501. The number of rotatable bonds is 4. The highest BCUT2D eigenvalue weighted by molar-refractivity contribution is 7.80. The van der Waals surface area contributed by atoms with Gasteiger partial charge in [-0.3, -0.25) is 0 Å². The van der Waals surface area contributed by atoms with E-state index in [1.807, 2.05) is 0 Å². The van der Waals surface area contributed by atoms with Gasteiger partial charge in [0.2, 0.25) is 0 Å². The first-order chi connectivity index (χ1) is 8.51. The molecule has 0 aliphatic heterocycles. The maximum Gasteiger partial charge on any atom is 0.387 e. The third kappa shape index (κ3) is 3.11. The molecule has 0 heterocycles. The maximum absolute atomic E-state index is 12.1. The molecule has 0 spiro atoms. The van der Waals surface area contributed by atoms with Crippen LogP contribution in [0.25, 0.3) is 0 Å². The Morgan fingerprint density at radius 3 is 2.72 bits per heavy atom. The van der Waals surface area contributed by atoms with Crippen molar-refractivity contribution in [3.8, 4) is 11.8 Å². The van der Waals surface area contributed by atoms with Gasteiger partial charge in [0.05, 0.1) is 12.2 Å². The van der Waals surface area contributed by atoms with Crippen LogP contribution in [0.3, 0.4) is 0 Å². The average molecular weight is 273 g/mol. The Morgan fingerprint density at radius 2 is 2.22 bits per heavy atom. The second kappa shape index (κ2) is 6.21. The number of halogens is 2. The minimum Gasteiger partial charge on any atom is -0.462 e. The fourth-order valence-electron chi connectivity index (χ4n) is 1.25. The quantitative estimate of drug-likeness (QED) is 0.676. The molecule has 0 radical (unpaired) electrons. The summed E-state index contributed by atoms with van der Waals surface area (Å²) in [4.78, 5) is 11.5. The largest absolute Gasteiger partial charge is 0.462 e. The molecule has 1 aromatic rings. The van der Waals surface area contributed by atoms with Crippen molar-refractivity contribution >= 4 is 18.6 Å². The summed E-state index contributed by atoms with van der Waals surface area (Å²) in [7, 11) is 0. The Kier molecular flexibility index (Phi) is 4.92. The highest BCUT2D eigenvalue weighted by Gasteiger charge is 2.19. The molecule has 0 aliphatic rings. The van der Waals surface area contributed by atoms with Crippen LogP contribution in [-0.4, -0.2) is 19.2 Å². The summed E-state index contributed by atoms with van der Waals surface area (Å²) in [5, 5.41) is 8.87. The molecule has 1 rings (SSSR count). The minimum atomic E-state index is -3.06. The Morgan fingerprint density at radius 1 is 1.56 bits per heavy atom. The molecule has 0 saturated heterocycles. The lowest BCUT2D eigenvalue weighted by Gasteiger charge is -2.10. The Bertz CT molecular complexity index is 500.